The van der Waals surface area contributed by atoms with Crippen LogP contribution in [0.2, 0.25) is 0 Å². The van der Waals surface area contributed by atoms with E-state index in [1.54, 1.807) is 25.4 Å². The Labute approximate surface area is 119 Å². The van der Waals surface area contributed by atoms with Crippen LogP contribution in [0.5, 0.6) is 5.75 Å². The number of hydrogen-bond donors (Lipinski definition) is 0. The van der Waals surface area contributed by atoms with E-state index in [0.717, 1.165) is 0 Å². The SMILES string of the molecule is CC.CCOc1cn(C)c(=O)c2c(F)c(CC)ccc12. The summed E-state index contributed by atoms with van der Waals surface area (Å²) in [5.41, 5.74) is 0.217. The second kappa shape index (κ2) is 7.08. The van der Waals surface area contributed by atoms with Gasteiger partial charge in [-0.25, -0.2) is 4.39 Å². The molecular formula is C16H22FNO2. The van der Waals surface area contributed by atoms with Crippen LogP contribution >= 0.6 is 0 Å². The molecule has 0 radical (unpaired) electrons. The van der Waals surface area contributed by atoms with E-state index in [-0.39, 0.29) is 10.9 Å². The lowest BCUT2D eigenvalue weighted by molar-refractivity contribution is 0.341. The highest BCUT2D eigenvalue weighted by Crippen LogP contribution is 2.26. The maximum Gasteiger partial charge on any atom is 0.261 e. The Bertz CT molecular complexity index is 647. The fourth-order valence-electron chi connectivity index (χ4n) is 2.06. The van der Waals surface area contributed by atoms with Gasteiger partial charge in [-0.3, -0.25) is 4.79 Å². The van der Waals surface area contributed by atoms with Gasteiger partial charge in [0.15, 0.2) is 0 Å². The minimum absolute atomic E-state index is 0.114. The molecule has 20 heavy (non-hydrogen) atoms. The molecule has 0 spiro atoms. The first-order valence-corrected chi connectivity index (χ1v) is 7.03. The van der Waals surface area contributed by atoms with Crippen molar-refractivity contribution in [1.29, 1.82) is 0 Å². The third kappa shape index (κ3) is 2.84. The molecule has 4 heteroatoms. The van der Waals surface area contributed by atoms with Gasteiger partial charge < -0.3 is 9.30 Å². The zero-order valence-corrected chi connectivity index (χ0v) is 12.8. The fraction of sp³-hybridized carbons (Fsp3) is 0.438. The molecule has 0 saturated carbocycles. The highest BCUT2D eigenvalue weighted by atomic mass is 19.1. The number of benzene rings is 1. The number of halogens is 1. The molecule has 0 aliphatic rings. The maximum atomic E-state index is 14.3. The van der Waals surface area contributed by atoms with Crippen molar-refractivity contribution in [1.82, 2.24) is 4.57 Å². The summed E-state index contributed by atoms with van der Waals surface area (Å²) in [6.07, 6.45) is 2.16. The average molecular weight is 279 g/mol. The maximum absolute atomic E-state index is 14.3. The van der Waals surface area contributed by atoms with E-state index in [1.165, 1.54) is 4.57 Å². The van der Waals surface area contributed by atoms with Crippen molar-refractivity contribution in [3.05, 3.63) is 40.1 Å². The van der Waals surface area contributed by atoms with Gasteiger partial charge in [-0.1, -0.05) is 26.8 Å². The first-order chi connectivity index (χ1) is 9.60. The Morgan fingerprint density at radius 1 is 1.25 bits per heavy atom. The quantitative estimate of drug-likeness (QED) is 0.858. The van der Waals surface area contributed by atoms with E-state index in [9.17, 15) is 9.18 Å². The van der Waals surface area contributed by atoms with Gasteiger partial charge in [0.05, 0.1) is 12.0 Å². The van der Waals surface area contributed by atoms with Crippen molar-refractivity contribution in [3.8, 4) is 5.75 Å². The molecule has 0 unspecified atom stereocenters. The Morgan fingerprint density at radius 2 is 1.90 bits per heavy atom. The molecule has 2 rings (SSSR count). The van der Waals surface area contributed by atoms with Crippen molar-refractivity contribution in [2.45, 2.75) is 34.1 Å². The molecule has 3 nitrogen and oxygen atoms in total. The number of aromatic nitrogens is 1. The second-order valence-corrected chi connectivity index (χ2v) is 4.16. The summed E-state index contributed by atoms with van der Waals surface area (Å²) in [4.78, 5) is 12.0. The van der Waals surface area contributed by atoms with E-state index in [0.29, 0.717) is 29.7 Å². The second-order valence-electron chi connectivity index (χ2n) is 4.16. The number of rotatable bonds is 3. The molecule has 0 N–H and O–H groups in total. The lowest BCUT2D eigenvalue weighted by Crippen LogP contribution is -2.18. The summed E-state index contributed by atoms with van der Waals surface area (Å²) in [6.45, 7) is 8.19. The zero-order chi connectivity index (χ0) is 15.3. The number of ether oxygens (including phenoxy) is 1. The van der Waals surface area contributed by atoms with Crippen molar-refractivity contribution >= 4 is 10.8 Å². The number of pyridine rings is 1. The molecule has 0 amide bonds. The van der Waals surface area contributed by atoms with Gasteiger partial charge in [-0.15, -0.1) is 0 Å². The molecule has 0 bridgehead atoms. The standard InChI is InChI=1S/C14H16FNO2.C2H6/c1-4-9-6-7-10-11(18-5-2)8-16(3)14(17)12(10)13(9)15;1-2/h6-8H,4-5H2,1-3H3;1-2H3. The predicted molar refractivity (Wildman–Crippen MR) is 81.0 cm³/mol. The largest absolute Gasteiger partial charge is 0.492 e. The molecule has 1 heterocycles. The van der Waals surface area contributed by atoms with Gasteiger partial charge >= 0.3 is 0 Å². The van der Waals surface area contributed by atoms with E-state index in [4.69, 9.17) is 4.74 Å². The van der Waals surface area contributed by atoms with E-state index < -0.39 is 5.82 Å². The predicted octanol–water partition coefficient (Wildman–Crippen LogP) is 3.66. The van der Waals surface area contributed by atoms with E-state index >= 15 is 0 Å². The van der Waals surface area contributed by atoms with Gasteiger partial charge in [-0.05, 0) is 25.0 Å². The van der Waals surface area contributed by atoms with E-state index in [1.807, 2.05) is 27.7 Å². The Morgan fingerprint density at radius 3 is 2.45 bits per heavy atom. The highest BCUT2D eigenvalue weighted by Gasteiger charge is 2.14. The number of fused-ring (bicyclic) bond motifs is 1. The van der Waals surface area contributed by atoms with Crippen LogP contribution in [0.4, 0.5) is 4.39 Å². The van der Waals surface area contributed by atoms with Crippen LogP contribution in [-0.4, -0.2) is 11.2 Å². The normalized spacial score (nSPS) is 10.1. The minimum Gasteiger partial charge on any atom is -0.492 e. The van der Waals surface area contributed by atoms with Crippen LogP contribution in [-0.2, 0) is 13.5 Å². The average Bonchev–Trinajstić information content (AvgIpc) is 2.46. The molecule has 0 atom stereocenters. The van der Waals surface area contributed by atoms with Crippen LogP contribution in [0.3, 0.4) is 0 Å². The van der Waals surface area contributed by atoms with Crippen LogP contribution in [0, 0.1) is 5.82 Å². The minimum atomic E-state index is -0.433. The molecule has 0 aliphatic carbocycles. The van der Waals surface area contributed by atoms with Crippen LogP contribution in [0.1, 0.15) is 33.3 Å². The zero-order valence-electron chi connectivity index (χ0n) is 12.8. The van der Waals surface area contributed by atoms with Gasteiger partial charge in [-0.2, -0.15) is 0 Å². The summed E-state index contributed by atoms with van der Waals surface area (Å²) in [6, 6.07) is 3.46. The topological polar surface area (TPSA) is 31.2 Å². The smallest absolute Gasteiger partial charge is 0.261 e. The summed E-state index contributed by atoms with van der Waals surface area (Å²) in [7, 11) is 1.60. The van der Waals surface area contributed by atoms with Crippen LogP contribution in [0.25, 0.3) is 10.8 Å². The third-order valence-corrected chi connectivity index (χ3v) is 3.01. The van der Waals surface area contributed by atoms with Crippen molar-refractivity contribution < 1.29 is 9.13 Å². The number of hydrogen-bond acceptors (Lipinski definition) is 2. The molecule has 1 aromatic heterocycles. The monoisotopic (exact) mass is 279 g/mol. The molecule has 2 aromatic rings. The molecule has 0 aliphatic heterocycles. The Balaban J connectivity index is 0.000000956. The fourth-order valence-corrected chi connectivity index (χ4v) is 2.06. The van der Waals surface area contributed by atoms with Gasteiger partial charge in [0, 0.05) is 18.6 Å². The summed E-state index contributed by atoms with van der Waals surface area (Å²) in [5, 5.41) is 0.650. The first kappa shape index (κ1) is 16.2. The lowest BCUT2D eigenvalue weighted by Gasteiger charge is -2.11. The molecule has 110 valence electrons. The van der Waals surface area contributed by atoms with Crippen molar-refractivity contribution in [2.24, 2.45) is 7.05 Å². The van der Waals surface area contributed by atoms with Crippen LogP contribution in [0.15, 0.2) is 23.1 Å². The molecule has 0 fully saturated rings. The number of nitrogens with zero attached hydrogens (tertiary/aromatic N) is 1. The van der Waals surface area contributed by atoms with Gasteiger partial charge in [0.25, 0.3) is 5.56 Å². The third-order valence-electron chi connectivity index (χ3n) is 3.01. The summed E-state index contributed by atoms with van der Waals surface area (Å²) >= 11 is 0. The lowest BCUT2D eigenvalue weighted by atomic mass is 10.1. The van der Waals surface area contributed by atoms with Crippen molar-refractivity contribution in [3.63, 3.8) is 0 Å². The number of aryl methyl sites for hydroxylation is 2. The first-order valence-electron chi connectivity index (χ1n) is 7.03. The Kier molecular flexibility index (Phi) is 5.74. The van der Waals surface area contributed by atoms with E-state index in [2.05, 4.69) is 0 Å². The molecular weight excluding hydrogens is 257 g/mol. The van der Waals surface area contributed by atoms with Gasteiger partial charge in [0.2, 0.25) is 0 Å². The Hall–Kier alpha value is -1.84. The highest BCUT2D eigenvalue weighted by molar-refractivity contribution is 5.88. The summed E-state index contributed by atoms with van der Waals surface area (Å²) < 4.78 is 21.1. The van der Waals surface area contributed by atoms with Crippen LogP contribution < -0.4 is 10.3 Å². The van der Waals surface area contributed by atoms with Gasteiger partial charge in [0.1, 0.15) is 11.6 Å². The summed E-state index contributed by atoms with van der Waals surface area (Å²) in [5.74, 6) is 0.105. The molecule has 0 saturated heterocycles. The molecule has 1 aromatic carbocycles. The van der Waals surface area contributed by atoms with Crippen molar-refractivity contribution in [2.75, 3.05) is 6.61 Å².